The van der Waals surface area contributed by atoms with E-state index >= 15 is 0 Å². The van der Waals surface area contributed by atoms with Crippen LogP contribution in [-0.2, 0) is 0 Å². The summed E-state index contributed by atoms with van der Waals surface area (Å²) in [6.45, 7) is 6.55. The van der Waals surface area contributed by atoms with Crippen molar-refractivity contribution in [2.75, 3.05) is 14.1 Å². The second-order valence-corrected chi connectivity index (χ2v) is 3.09. The standard InChI is InChI=1S/C9H19N/c1-6-7-8(2)9(3)10(4)5/h6-9H,1-5H3. The third-order valence-corrected chi connectivity index (χ3v) is 2.07. The first-order valence-electron chi connectivity index (χ1n) is 3.88. The molecule has 0 aliphatic carbocycles. The molecule has 0 spiro atoms. The van der Waals surface area contributed by atoms with E-state index in [-0.39, 0.29) is 0 Å². The van der Waals surface area contributed by atoms with Gasteiger partial charge in [0, 0.05) is 6.04 Å². The quantitative estimate of drug-likeness (QED) is 0.544. The van der Waals surface area contributed by atoms with Crippen LogP contribution < -0.4 is 0 Å². The Labute approximate surface area is 64.7 Å². The van der Waals surface area contributed by atoms with Crippen LogP contribution in [0.5, 0.6) is 0 Å². The van der Waals surface area contributed by atoms with E-state index in [9.17, 15) is 0 Å². The fraction of sp³-hybridized carbons (Fsp3) is 0.778. The van der Waals surface area contributed by atoms with E-state index < -0.39 is 0 Å². The van der Waals surface area contributed by atoms with E-state index in [1.807, 2.05) is 0 Å². The van der Waals surface area contributed by atoms with Crippen molar-refractivity contribution in [3.05, 3.63) is 12.2 Å². The lowest BCUT2D eigenvalue weighted by molar-refractivity contribution is 0.267. The molecule has 1 heteroatoms. The normalized spacial score (nSPS) is 18.2. The summed E-state index contributed by atoms with van der Waals surface area (Å²) in [6, 6.07) is 0.635. The maximum Gasteiger partial charge on any atom is 0.0121 e. The topological polar surface area (TPSA) is 3.24 Å². The van der Waals surface area contributed by atoms with Crippen LogP contribution >= 0.6 is 0 Å². The number of hydrogen-bond donors (Lipinski definition) is 0. The van der Waals surface area contributed by atoms with Crippen LogP contribution in [-0.4, -0.2) is 25.0 Å². The van der Waals surface area contributed by atoms with Crippen molar-refractivity contribution >= 4 is 0 Å². The molecule has 2 atom stereocenters. The van der Waals surface area contributed by atoms with Gasteiger partial charge in [0.1, 0.15) is 0 Å². The van der Waals surface area contributed by atoms with E-state index in [0.717, 1.165) is 0 Å². The molecular weight excluding hydrogens is 122 g/mol. The van der Waals surface area contributed by atoms with Gasteiger partial charge < -0.3 is 4.90 Å². The molecule has 2 unspecified atom stereocenters. The van der Waals surface area contributed by atoms with Crippen molar-refractivity contribution in [1.29, 1.82) is 0 Å². The summed E-state index contributed by atoms with van der Waals surface area (Å²) in [5.41, 5.74) is 0. The summed E-state index contributed by atoms with van der Waals surface area (Å²) in [7, 11) is 4.23. The summed E-state index contributed by atoms with van der Waals surface area (Å²) in [4.78, 5) is 2.24. The lowest BCUT2D eigenvalue weighted by Crippen LogP contribution is -2.29. The molecule has 0 saturated carbocycles. The lowest BCUT2D eigenvalue weighted by atomic mass is 10.0. The smallest absolute Gasteiger partial charge is 0.0121 e. The Hall–Kier alpha value is -0.300. The third-order valence-electron chi connectivity index (χ3n) is 2.07. The van der Waals surface area contributed by atoms with Gasteiger partial charge in [-0.05, 0) is 33.9 Å². The van der Waals surface area contributed by atoms with E-state index in [1.165, 1.54) is 0 Å². The van der Waals surface area contributed by atoms with Gasteiger partial charge in [-0.3, -0.25) is 0 Å². The third kappa shape index (κ3) is 3.02. The molecule has 0 N–H and O–H groups in total. The summed E-state index contributed by atoms with van der Waals surface area (Å²) >= 11 is 0. The first kappa shape index (κ1) is 9.70. The Morgan fingerprint density at radius 2 is 1.70 bits per heavy atom. The molecule has 0 fully saturated rings. The number of hydrogen-bond acceptors (Lipinski definition) is 1. The summed E-state index contributed by atoms with van der Waals surface area (Å²) < 4.78 is 0. The molecule has 0 aromatic rings. The first-order chi connectivity index (χ1) is 4.59. The largest absolute Gasteiger partial charge is 0.306 e. The molecule has 0 aromatic carbocycles. The number of rotatable bonds is 3. The molecule has 0 aliphatic rings. The van der Waals surface area contributed by atoms with Crippen LogP contribution in [0.3, 0.4) is 0 Å². The number of allylic oxidation sites excluding steroid dienone is 1. The molecule has 0 rings (SSSR count). The van der Waals surface area contributed by atoms with Gasteiger partial charge in [0.25, 0.3) is 0 Å². The van der Waals surface area contributed by atoms with Gasteiger partial charge >= 0.3 is 0 Å². The highest BCUT2D eigenvalue weighted by Crippen LogP contribution is 2.08. The zero-order valence-electron chi connectivity index (χ0n) is 7.76. The van der Waals surface area contributed by atoms with Crippen molar-refractivity contribution in [1.82, 2.24) is 4.90 Å². The summed E-state index contributed by atoms with van der Waals surface area (Å²) in [5, 5.41) is 0. The molecule has 0 aliphatic heterocycles. The second kappa shape index (κ2) is 4.51. The molecule has 0 bridgehead atoms. The molecule has 0 radical (unpaired) electrons. The molecule has 10 heavy (non-hydrogen) atoms. The highest BCUT2D eigenvalue weighted by atomic mass is 15.1. The van der Waals surface area contributed by atoms with Gasteiger partial charge in [0.2, 0.25) is 0 Å². The molecule has 0 heterocycles. The number of nitrogens with zero attached hydrogens (tertiary/aromatic N) is 1. The maximum atomic E-state index is 2.24. The minimum atomic E-state index is 0.635. The Balaban J connectivity index is 3.81. The summed E-state index contributed by atoms with van der Waals surface area (Å²) in [5.74, 6) is 0.653. The van der Waals surface area contributed by atoms with E-state index in [2.05, 4.69) is 51.9 Å². The molecule has 1 nitrogen and oxygen atoms in total. The molecule has 0 saturated heterocycles. The highest BCUT2D eigenvalue weighted by Gasteiger charge is 2.09. The lowest BCUT2D eigenvalue weighted by Gasteiger charge is -2.23. The van der Waals surface area contributed by atoms with E-state index in [4.69, 9.17) is 0 Å². The van der Waals surface area contributed by atoms with Crippen LogP contribution in [0.2, 0.25) is 0 Å². The van der Waals surface area contributed by atoms with Crippen molar-refractivity contribution in [3.8, 4) is 0 Å². The fourth-order valence-electron chi connectivity index (χ4n) is 0.935. The Bertz CT molecular complexity index is 105. The average Bonchev–Trinajstić information content (AvgIpc) is 1.87. The van der Waals surface area contributed by atoms with Crippen molar-refractivity contribution in [2.45, 2.75) is 26.8 Å². The molecular formula is C9H19N. The van der Waals surface area contributed by atoms with Gasteiger partial charge in [-0.1, -0.05) is 19.1 Å². The average molecular weight is 141 g/mol. The van der Waals surface area contributed by atoms with Gasteiger partial charge in [-0.15, -0.1) is 0 Å². The van der Waals surface area contributed by atoms with Crippen LogP contribution in [0.1, 0.15) is 20.8 Å². The minimum Gasteiger partial charge on any atom is -0.306 e. The van der Waals surface area contributed by atoms with Crippen LogP contribution in [0.4, 0.5) is 0 Å². The predicted molar refractivity (Wildman–Crippen MR) is 47.1 cm³/mol. The molecule has 60 valence electrons. The predicted octanol–water partition coefficient (Wildman–Crippen LogP) is 2.15. The van der Waals surface area contributed by atoms with Crippen LogP contribution in [0.25, 0.3) is 0 Å². The fourth-order valence-corrected chi connectivity index (χ4v) is 0.935. The van der Waals surface area contributed by atoms with Gasteiger partial charge in [0.15, 0.2) is 0 Å². The van der Waals surface area contributed by atoms with E-state index in [1.54, 1.807) is 0 Å². The van der Waals surface area contributed by atoms with Crippen LogP contribution in [0, 0.1) is 5.92 Å². The van der Waals surface area contributed by atoms with Crippen LogP contribution in [0.15, 0.2) is 12.2 Å². The second-order valence-electron chi connectivity index (χ2n) is 3.09. The minimum absolute atomic E-state index is 0.635. The zero-order valence-corrected chi connectivity index (χ0v) is 7.76. The first-order valence-corrected chi connectivity index (χ1v) is 3.88. The summed E-state index contributed by atoms with van der Waals surface area (Å²) in [6.07, 6.45) is 4.36. The van der Waals surface area contributed by atoms with Gasteiger partial charge in [-0.2, -0.15) is 0 Å². The molecule has 0 amide bonds. The van der Waals surface area contributed by atoms with Gasteiger partial charge in [-0.25, -0.2) is 0 Å². The monoisotopic (exact) mass is 141 g/mol. The van der Waals surface area contributed by atoms with Crippen molar-refractivity contribution in [3.63, 3.8) is 0 Å². The van der Waals surface area contributed by atoms with Crippen molar-refractivity contribution in [2.24, 2.45) is 5.92 Å². The molecule has 0 aromatic heterocycles. The SMILES string of the molecule is CC=CC(C)C(C)N(C)C. The Morgan fingerprint density at radius 1 is 1.20 bits per heavy atom. The van der Waals surface area contributed by atoms with E-state index in [0.29, 0.717) is 12.0 Å². The van der Waals surface area contributed by atoms with Crippen molar-refractivity contribution < 1.29 is 0 Å². The Morgan fingerprint density at radius 3 is 2.00 bits per heavy atom. The zero-order chi connectivity index (χ0) is 8.15. The highest BCUT2D eigenvalue weighted by molar-refractivity contribution is 4.88. The maximum absolute atomic E-state index is 2.24. The Kier molecular flexibility index (Phi) is 4.37. The van der Waals surface area contributed by atoms with Gasteiger partial charge in [0.05, 0.1) is 0 Å².